The maximum atomic E-state index is 11.5. The molecular formula is C14H21NO2. The number of hydrogen-bond acceptors (Lipinski definition) is 3. The molecule has 0 fully saturated rings. The monoisotopic (exact) mass is 235 g/mol. The van der Waals surface area contributed by atoms with Gasteiger partial charge in [0.1, 0.15) is 0 Å². The fourth-order valence-electron chi connectivity index (χ4n) is 1.93. The van der Waals surface area contributed by atoms with Crippen molar-refractivity contribution in [1.82, 2.24) is 0 Å². The zero-order valence-electron chi connectivity index (χ0n) is 10.6. The molecule has 0 amide bonds. The topological polar surface area (TPSA) is 52.3 Å². The summed E-state index contributed by atoms with van der Waals surface area (Å²) >= 11 is 0. The molecule has 0 saturated heterocycles. The van der Waals surface area contributed by atoms with Crippen molar-refractivity contribution in [2.24, 2.45) is 5.73 Å². The van der Waals surface area contributed by atoms with Gasteiger partial charge in [-0.1, -0.05) is 50.1 Å². The van der Waals surface area contributed by atoms with E-state index in [2.05, 4.69) is 6.92 Å². The van der Waals surface area contributed by atoms with Gasteiger partial charge in [-0.05, 0) is 12.0 Å². The molecule has 0 bridgehead atoms. The fraction of sp³-hybridized carbons (Fsp3) is 0.500. The molecule has 0 heterocycles. The Hall–Kier alpha value is -1.35. The van der Waals surface area contributed by atoms with E-state index in [1.807, 2.05) is 30.3 Å². The summed E-state index contributed by atoms with van der Waals surface area (Å²) in [6.07, 6.45) is 3.09. The van der Waals surface area contributed by atoms with Crippen LogP contribution in [0.4, 0.5) is 0 Å². The Morgan fingerprint density at radius 3 is 2.53 bits per heavy atom. The summed E-state index contributed by atoms with van der Waals surface area (Å²) in [5.74, 6) is -0.257. The molecule has 0 aliphatic rings. The Morgan fingerprint density at radius 2 is 2.00 bits per heavy atom. The lowest BCUT2D eigenvalue weighted by atomic mass is 9.83. The van der Waals surface area contributed by atoms with Gasteiger partial charge in [0, 0.05) is 0 Å². The van der Waals surface area contributed by atoms with Crippen molar-refractivity contribution in [2.45, 2.75) is 38.1 Å². The fourth-order valence-corrected chi connectivity index (χ4v) is 1.93. The summed E-state index contributed by atoms with van der Waals surface area (Å²) in [4.78, 5) is 11.5. The smallest absolute Gasteiger partial charge is 0.307 e. The largest absolute Gasteiger partial charge is 0.469 e. The van der Waals surface area contributed by atoms with Gasteiger partial charge in [0.05, 0.1) is 19.1 Å². The minimum absolute atomic E-state index is 0.230. The molecular weight excluding hydrogens is 214 g/mol. The summed E-state index contributed by atoms with van der Waals surface area (Å²) in [6, 6.07) is 9.78. The molecule has 17 heavy (non-hydrogen) atoms. The number of methoxy groups -OCH3 is 1. The van der Waals surface area contributed by atoms with E-state index >= 15 is 0 Å². The normalized spacial score (nSPS) is 14.1. The third kappa shape index (κ3) is 3.86. The average molecular weight is 235 g/mol. The maximum Gasteiger partial charge on any atom is 0.307 e. The van der Waals surface area contributed by atoms with Gasteiger partial charge in [-0.3, -0.25) is 4.79 Å². The summed E-state index contributed by atoms with van der Waals surface area (Å²) < 4.78 is 4.73. The zero-order chi connectivity index (χ0) is 12.7. The molecule has 0 radical (unpaired) electrons. The van der Waals surface area contributed by atoms with Crippen molar-refractivity contribution in [2.75, 3.05) is 7.11 Å². The summed E-state index contributed by atoms with van der Waals surface area (Å²) in [5, 5.41) is 0. The van der Waals surface area contributed by atoms with Crippen LogP contribution < -0.4 is 5.73 Å². The van der Waals surface area contributed by atoms with Crippen molar-refractivity contribution < 1.29 is 9.53 Å². The minimum Gasteiger partial charge on any atom is -0.469 e. The lowest BCUT2D eigenvalue weighted by Crippen LogP contribution is -2.39. The number of carbonyl (C=O) groups is 1. The maximum absolute atomic E-state index is 11.5. The number of hydrogen-bond donors (Lipinski definition) is 1. The molecule has 0 aromatic heterocycles. The molecule has 3 nitrogen and oxygen atoms in total. The number of nitrogens with two attached hydrogens (primary N) is 1. The van der Waals surface area contributed by atoms with Gasteiger partial charge in [0.25, 0.3) is 0 Å². The van der Waals surface area contributed by atoms with E-state index in [-0.39, 0.29) is 12.4 Å². The second kappa shape index (κ2) is 6.40. The highest BCUT2D eigenvalue weighted by molar-refractivity contribution is 5.71. The number of benzene rings is 1. The van der Waals surface area contributed by atoms with Crippen LogP contribution in [-0.2, 0) is 15.1 Å². The van der Waals surface area contributed by atoms with Gasteiger partial charge in [-0.25, -0.2) is 0 Å². The van der Waals surface area contributed by atoms with E-state index in [0.29, 0.717) is 0 Å². The van der Waals surface area contributed by atoms with Crippen molar-refractivity contribution in [1.29, 1.82) is 0 Å². The molecule has 1 atom stereocenters. The molecule has 3 heteroatoms. The minimum atomic E-state index is -0.607. The number of ether oxygens (including phenoxy) is 1. The molecule has 0 spiro atoms. The number of carbonyl (C=O) groups excluding carboxylic acids is 1. The lowest BCUT2D eigenvalue weighted by Gasteiger charge is -2.29. The Labute approximate surface area is 103 Å². The standard InChI is InChI=1S/C14H21NO2/c1-3-4-10-14(15,11-13(16)17-2)12-8-6-5-7-9-12/h5-9H,3-4,10-11,15H2,1-2H3/t14-/m1/s1. The molecule has 94 valence electrons. The first-order valence-corrected chi connectivity index (χ1v) is 6.03. The van der Waals surface area contributed by atoms with Crippen LogP contribution in [0.15, 0.2) is 30.3 Å². The predicted molar refractivity (Wildman–Crippen MR) is 68.5 cm³/mol. The van der Waals surface area contributed by atoms with Gasteiger partial charge >= 0.3 is 5.97 Å². The first-order valence-electron chi connectivity index (χ1n) is 6.03. The third-order valence-electron chi connectivity index (χ3n) is 3.01. The Kier molecular flexibility index (Phi) is 5.16. The highest BCUT2D eigenvalue weighted by atomic mass is 16.5. The van der Waals surface area contributed by atoms with Crippen LogP contribution in [0.3, 0.4) is 0 Å². The van der Waals surface area contributed by atoms with Crippen LogP contribution in [0.25, 0.3) is 0 Å². The van der Waals surface area contributed by atoms with Gasteiger partial charge in [0.2, 0.25) is 0 Å². The number of esters is 1. The van der Waals surface area contributed by atoms with Gasteiger partial charge in [0.15, 0.2) is 0 Å². The molecule has 2 N–H and O–H groups in total. The first-order chi connectivity index (χ1) is 8.12. The van der Waals surface area contributed by atoms with E-state index in [0.717, 1.165) is 24.8 Å². The molecule has 0 aliphatic heterocycles. The highest BCUT2D eigenvalue weighted by Crippen LogP contribution is 2.28. The van der Waals surface area contributed by atoms with E-state index in [4.69, 9.17) is 10.5 Å². The van der Waals surface area contributed by atoms with Crippen molar-refractivity contribution in [3.05, 3.63) is 35.9 Å². The molecule has 1 aromatic rings. The molecule has 1 rings (SSSR count). The second-order valence-corrected chi connectivity index (χ2v) is 4.38. The summed E-state index contributed by atoms with van der Waals surface area (Å²) in [5.41, 5.74) is 6.77. The van der Waals surface area contributed by atoms with E-state index in [1.54, 1.807) is 0 Å². The van der Waals surface area contributed by atoms with Crippen molar-refractivity contribution >= 4 is 5.97 Å². The third-order valence-corrected chi connectivity index (χ3v) is 3.01. The van der Waals surface area contributed by atoms with Crippen molar-refractivity contribution in [3.63, 3.8) is 0 Å². The van der Waals surface area contributed by atoms with Crippen LogP contribution in [0.1, 0.15) is 38.2 Å². The highest BCUT2D eigenvalue weighted by Gasteiger charge is 2.29. The van der Waals surface area contributed by atoms with E-state index in [9.17, 15) is 4.79 Å². The summed E-state index contributed by atoms with van der Waals surface area (Å²) in [6.45, 7) is 2.11. The number of unbranched alkanes of at least 4 members (excludes halogenated alkanes) is 1. The van der Waals surface area contributed by atoms with Gasteiger partial charge < -0.3 is 10.5 Å². The molecule has 0 aliphatic carbocycles. The Bertz CT molecular complexity index is 350. The second-order valence-electron chi connectivity index (χ2n) is 4.38. The van der Waals surface area contributed by atoms with Crippen LogP contribution in [0.2, 0.25) is 0 Å². The lowest BCUT2D eigenvalue weighted by molar-refractivity contribution is -0.142. The van der Waals surface area contributed by atoms with Crippen molar-refractivity contribution in [3.8, 4) is 0 Å². The Morgan fingerprint density at radius 1 is 1.35 bits per heavy atom. The average Bonchev–Trinajstić information content (AvgIpc) is 2.37. The summed E-state index contributed by atoms with van der Waals surface area (Å²) in [7, 11) is 1.40. The van der Waals surface area contributed by atoms with Gasteiger partial charge in [-0.15, -0.1) is 0 Å². The SMILES string of the molecule is CCCC[C@@](N)(CC(=O)OC)c1ccccc1. The molecule has 1 aromatic carbocycles. The quantitative estimate of drug-likeness (QED) is 0.771. The molecule has 0 saturated carbocycles. The van der Waals surface area contributed by atoms with Crippen LogP contribution in [0, 0.1) is 0 Å². The molecule has 0 unspecified atom stereocenters. The number of rotatable bonds is 6. The van der Waals surface area contributed by atoms with Gasteiger partial charge in [-0.2, -0.15) is 0 Å². The van der Waals surface area contributed by atoms with E-state index in [1.165, 1.54) is 7.11 Å². The predicted octanol–water partition coefficient (Wildman–Crippen LogP) is 2.59. The first kappa shape index (κ1) is 13.7. The van der Waals surface area contributed by atoms with Crippen LogP contribution in [-0.4, -0.2) is 13.1 Å². The van der Waals surface area contributed by atoms with Crippen LogP contribution >= 0.6 is 0 Å². The van der Waals surface area contributed by atoms with Crippen LogP contribution in [0.5, 0.6) is 0 Å². The van der Waals surface area contributed by atoms with E-state index < -0.39 is 5.54 Å². The Balaban J connectivity index is 2.89. The zero-order valence-corrected chi connectivity index (χ0v) is 10.6.